The van der Waals surface area contributed by atoms with Gasteiger partial charge >= 0.3 is 5.63 Å². The van der Waals surface area contributed by atoms with Gasteiger partial charge in [0.1, 0.15) is 11.0 Å². The molecule has 4 nitrogen and oxygen atoms in total. The SMILES string of the molecule is Cc1nn(-c2ccc(Cl)cc2Cl)c2c1c(=O)oc1ccccc12. The second-order valence-corrected chi connectivity index (χ2v) is 6.05. The van der Waals surface area contributed by atoms with Crippen LogP contribution in [0.4, 0.5) is 0 Å². The van der Waals surface area contributed by atoms with E-state index in [1.54, 1.807) is 35.9 Å². The number of hydrogen-bond acceptors (Lipinski definition) is 3. The van der Waals surface area contributed by atoms with E-state index in [9.17, 15) is 4.79 Å². The van der Waals surface area contributed by atoms with Gasteiger partial charge in [-0.3, -0.25) is 0 Å². The molecule has 0 amide bonds. The summed E-state index contributed by atoms with van der Waals surface area (Å²) >= 11 is 12.3. The first-order chi connectivity index (χ1) is 11.1. The predicted octanol–water partition coefficient (Wildman–Crippen LogP) is 4.75. The monoisotopic (exact) mass is 344 g/mol. The lowest BCUT2D eigenvalue weighted by Gasteiger charge is -2.07. The smallest absolute Gasteiger partial charge is 0.347 e. The number of aromatic nitrogens is 2. The second-order valence-electron chi connectivity index (χ2n) is 5.20. The minimum Gasteiger partial charge on any atom is -0.422 e. The van der Waals surface area contributed by atoms with Crippen molar-refractivity contribution in [1.82, 2.24) is 9.78 Å². The summed E-state index contributed by atoms with van der Waals surface area (Å²) in [5, 5.41) is 6.74. The predicted molar refractivity (Wildman–Crippen MR) is 91.9 cm³/mol. The number of benzene rings is 2. The van der Waals surface area contributed by atoms with Crippen LogP contribution in [0.2, 0.25) is 10.0 Å². The highest BCUT2D eigenvalue weighted by atomic mass is 35.5. The van der Waals surface area contributed by atoms with Crippen molar-refractivity contribution >= 4 is 45.1 Å². The first kappa shape index (κ1) is 14.3. The highest BCUT2D eigenvalue weighted by molar-refractivity contribution is 6.35. The number of para-hydroxylation sites is 1. The Hall–Kier alpha value is -2.30. The summed E-state index contributed by atoms with van der Waals surface area (Å²) in [6.45, 7) is 1.77. The van der Waals surface area contributed by atoms with Crippen LogP contribution in [0.25, 0.3) is 27.6 Å². The molecule has 0 bridgehead atoms. The Bertz CT molecular complexity index is 1130. The van der Waals surface area contributed by atoms with Gasteiger partial charge in [0, 0.05) is 10.4 Å². The van der Waals surface area contributed by atoms with Crippen molar-refractivity contribution in [2.75, 3.05) is 0 Å². The number of hydrogen-bond donors (Lipinski definition) is 0. The molecule has 0 saturated heterocycles. The van der Waals surface area contributed by atoms with Crippen molar-refractivity contribution in [2.24, 2.45) is 0 Å². The number of rotatable bonds is 1. The lowest BCUT2D eigenvalue weighted by Crippen LogP contribution is -2.02. The fraction of sp³-hybridized carbons (Fsp3) is 0.0588. The Morgan fingerprint density at radius 2 is 1.91 bits per heavy atom. The lowest BCUT2D eigenvalue weighted by molar-refractivity contribution is 0.569. The summed E-state index contributed by atoms with van der Waals surface area (Å²) in [5.74, 6) is 0. The van der Waals surface area contributed by atoms with Gasteiger partial charge in [0.2, 0.25) is 0 Å². The maximum atomic E-state index is 12.3. The van der Waals surface area contributed by atoms with Crippen LogP contribution in [0, 0.1) is 6.92 Å². The summed E-state index contributed by atoms with van der Waals surface area (Å²) in [5.41, 5.74) is 2.03. The first-order valence-corrected chi connectivity index (χ1v) is 7.68. The van der Waals surface area contributed by atoms with Gasteiger partial charge in [-0.05, 0) is 37.3 Å². The summed E-state index contributed by atoms with van der Waals surface area (Å²) in [4.78, 5) is 12.3. The van der Waals surface area contributed by atoms with Crippen molar-refractivity contribution in [2.45, 2.75) is 6.92 Å². The van der Waals surface area contributed by atoms with Crippen molar-refractivity contribution in [3.05, 3.63) is 68.6 Å². The Balaban J connectivity index is 2.22. The summed E-state index contributed by atoms with van der Waals surface area (Å²) in [6, 6.07) is 12.5. The molecule has 0 unspecified atom stereocenters. The fourth-order valence-corrected chi connectivity index (χ4v) is 3.24. The van der Waals surface area contributed by atoms with Crippen molar-refractivity contribution in [1.29, 1.82) is 0 Å². The highest BCUT2D eigenvalue weighted by Crippen LogP contribution is 2.31. The van der Waals surface area contributed by atoms with Crippen LogP contribution in [-0.2, 0) is 0 Å². The van der Waals surface area contributed by atoms with E-state index < -0.39 is 5.63 Å². The van der Waals surface area contributed by atoms with Crippen molar-refractivity contribution < 1.29 is 4.42 Å². The van der Waals surface area contributed by atoms with Gasteiger partial charge in [-0.15, -0.1) is 0 Å². The van der Waals surface area contributed by atoms with Gasteiger partial charge in [0.25, 0.3) is 0 Å². The molecule has 114 valence electrons. The number of aryl methyl sites for hydroxylation is 1. The van der Waals surface area contributed by atoms with Gasteiger partial charge in [-0.2, -0.15) is 5.10 Å². The Kier molecular flexibility index (Phi) is 3.18. The number of nitrogens with zero attached hydrogens (tertiary/aromatic N) is 2. The summed E-state index contributed by atoms with van der Waals surface area (Å²) in [6.07, 6.45) is 0. The molecule has 2 aromatic heterocycles. The molecule has 2 aromatic carbocycles. The molecule has 0 aliphatic rings. The average molecular weight is 345 g/mol. The topological polar surface area (TPSA) is 48.0 Å². The van der Waals surface area contributed by atoms with E-state index in [1.165, 1.54) is 0 Å². The van der Waals surface area contributed by atoms with E-state index in [-0.39, 0.29) is 0 Å². The third-order valence-electron chi connectivity index (χ3n) is 3.75. The molecule has 0 aliphatic heterocycles. The maximum absolute atomic E-state index is 12.3. The molecule has 0 atom stereocenters. The van der Waals surface area contributed by atoms with Crippen LogP contribution in [0.1, 0.15) is 5.69 Å². The minimum absolute atomic E-state index is 0.410. The Morgan fingerprint density at radius 3 is 2.70 bits per heavy atom. The maximum Gasteiger partial charge on any atom is 0.347 e. The molecule has 0 spiro atoms. The van der Waals surface area contributed by atoms with E-state index >= 15 is 0 Å². The molecule has 0 saturated carbocycles. The average Bonchev–Trinajstić information content (AvgIpc) is 2.86. The van der Waals surface area contributed by atoms with Crippen molar-refractivity contribution in [3.63, 3.8) is 0 Å². The lowest BCUT2D eigenvalue weighted by atomic mass is 10.1. The third-order valence-corrected chi connectivity index (χ3v) is 4.29. The molecule has 0 aliphatic carbocycles. The zero-order valence-corrected chi connectivity index (χ0v) is 13.5. The molecular formula is C17H10Cl2N2O2. The van der Waals surface area contributed by atoms with Crippen LogP contribution in [0.3, 0.4) is 0 Å². The fourth-order valence-electron chi connectivity index (χ4n) is 2.75. The normalized spacial score (nSPS) is 11.4. The molecule has 6 heteroatoms. The third kappa shape index (κ3) is 2.14. The molecule has 23 heavy (non-hydrogen) atoms. The zero-order chi connectivity index (χ0) is 16.1. The van der Waals surface area contributed by atoms with E-state index in [0.717, 1.165) is 5.39 Å². The van der Waals surface area contributed by atoms with Gasteiger partial charge in [-0.1, -0.05) is 35.3 Å². The van der Waals surface area contributed by atoms with Gasteiger partial charge in [0.15, 0.2) is 0 Å². The van der Waals surface area contributed by atoms with E-state index in [2.05, 4.69) is 5.10 Å². The van der Waals surface area contributed by atoms with Crippen LogP contribution >= 0.6 is 23.2 Å². The standard InChI is InChI=1S/C17H10Cl2N2O2/c1-9-15-16(11-4-2-3-5-14(11)23-17(15)22)21(20-9)13-7-6-10(18)8-12(13)19/h2-8H,1H3. The van der Waals surface area contributed by atoms with Gasteiger partial charge in [-0.25, -0.2) is 9.48 Å². The van der Waals surface area contributed by atoms with Gasteiger partial charge in [0.05, 0.1) is 21.9 Å². The van der Waals surface area contributed by atoms with Crippen molar-refractivity contribution in [3.8, 4) is 5.69 Å². The summed E-state index contributed by atoms with van der Waals surface area (Å²) in [7, 11) is 0. The molecule has 0 radical (unpaired) electrons. The molecule has 0 fully saturated rings. The van der Waals surface area contributed by atoms with Crippen LogP contribution in [-0.4, -0.2) is 9.78 Å². The highest BCUT2D eigenvalue weighted by Gasteiger charge is 2.18. The van der Waals surface area contributed by atoms with Crippen LogP contribution in [0.5, 0.6) is 0 Å². The first-order valence-electron chi connectivity index (χ1n) is 6.93. The van der Waals surface area contributed by atoms with Crippen LogP contribution < -0.4 is 5.63 Å². The van der Waals surface area contributed by atoms with E-state index in [0.29, 0.717) is 37.9 Å². The quantitative estimate of drug-likeness (QED) is 0.468. The Morgan fingerprint density at radius 1 is 1.13 bits per heavy atom. The number of fused-ring (bicyclic) bond motifs is 3. The second kappa shape index (κ2) is 5.11. The summed E-state index contributed by atoms with van der Waals surface area (Å²) < 4.78 is 7.06. The minimum atomic E-state index is -0.410. The number of halogens is 2. The molecule has 4 aromatic rings. The largest absolute Gasteiger partial charge is 0.422 e. The van der Waals surface area contributed by atoms with E-state index in [1.807, 2.05) is 18.2 Å². The van der Waals surface area contributed by atoms with E-state index in [4.69, 9.17) is 27.6 Å². The molecule has 2 heterocycles. The zero-order valence-electron chi connectivity index (χ0n) is 12.0. The molecular weight excluding hydrogens is 335 g/mol. The molecule has 4 rings (SSSR count). The molecule has 0 N–H and O–H groups in total. The van der Waals surface area contributed by atoms with Gasteiger partial charge < -0.3 is 4.42 Å². The Labute approximate surface area is 140 Å². The van der Waals surface area contributed by atoms with Crippen LogP contribution in [0.15, 0.2) is 51.7 Å².